The highest BCUT2D eigenvalue weighted by Gasteiger charge is 1.98. The number of nitrogen functional groups attached to an aromatic ring is 1. The molecule has 0 aliphatic carbocycles. The Morgan fingerprint density at radius 1 is 1.22 bits per heavy atom. The van der Waals surface area contributed by atoms with Crippen molar-refractivity contribution in [1.82, 2.24) is 4.98 Å². The lowest BCUT2D eigenvalue weighted by Crippen LogP contribution is -2.01. The van der Waals surface area contributed by atoms with E-state index in [4.69, 9.17) is 10.5 Å². The van der Waals surface area contributed by atoms with Gasteiger partial charge in [-0.15, -0.1) is 11.8 Å². The van der Waals surface area contributed by atoms with E-state index < -0.39 is 0 Å². The predicted octanol–water partition coefficient (Wildman–Crippen LogP) is 3.14. The summed E-state index contributed by atoms with van der Waals surface area (Å²) in [6.07, 6.45) is 1.79. The number of para-hydroxylation sites is 1. The van der Waals surface area contributed by atoms with Crippen molar-refractivity contribution in [3.63, 3.8) is 0 Å². The molecule has 2 rings (SSSR count). The molecule has 0 aliphatic heterocycles. The Labute approximate surface area is 111 Å². The fraction of sp³-hybridized carbons (Fsp3) is 0.214. The third kappa shape index (κ3) is 3.67. The van der Waals surface area contributed by atoms with Gasteiger partial charge in [0.2, 0.25) is 0 Å². The van der Waals surface area contributed by atoms with Crippen molar-refractivity contribution >= 4 is 17.6 Å². The second kappa shape index (κ2) is 6.31. The van der Waals surface area contributed by atoms with E-state index >= 15 is 0 Å². The van der Waals surface area contributed by atoms with Gasteiger partial charge < -0.3 is 10.5 Å². The Kier molecular flexibility index (Phi) is 4.47. The molecule has 0 amide bonds. The number of ether oxygens (including phenoxy) is 1. The fourth-order valence-corrected chi connectivity index (χ4v) is 2.20. The van der Waals surface area contributed by atoms with Crippen LogP contribution in [0.3, 0.4) is 0 Å². The van der Waals surface area contributed by atoms with Crippen LogP contribution in [-0.2, 0) is 0 Å². The number of anilines is 1. The van der Waals surface area contributed by atoms with Gasteiger partial charge in [-0.1, -0.05) is 18.2 Å². The summed E-state index contributed by atoms with van der Waals surface area (Å²) < 4.78 is 5.72. The average molecular weight is 260 g/mol. The van der Waals surface area contributed by atoms with Gasteiger partial charge in [-0.2, -0.15) is 0 Å². The molecule has 0 fully saturated rings. The van der Waals surface area contributed by atoms with Crippen LogP contribution in [0, 0.1) is 6.92 Å². The topological polar surface area (TPSA) is 48.1 Å². The zero-order valence-corrected chi connectivity index (χ0v) is 11.1. The Balaban J connectivity index is 1.76. The molecule has 0 bridgehead atoms. The van der Waals surface area contributed by atoms with Crippen LogP contribution in [0.25, 0.3) is 0 Å². The van der Waals surface area contributed by atoms with E-state index in [2.05, 4.69) is 4.98 Å². The summed E-state index contributed by atoms with van der Waals surface area (Å²) in [5, 5.41) is 0. The van der Waals surface area contributed by atoms with Crippen molar-refractivity contribution in [3.8, 4) is 5.75 Å². The van der Waals surface area contributed by atoms with Crippen LogP contribution < -0.4 is 10.5 Å². The maximum Gasteiger partial charge on any atom is 0.123 e. The molecule has 0 saturated heterocycles. The van der Waals surface area contributed by atoms with Gasteiger partial charge in [-0.3, -0.25) is 0 Å². The fourth-order valence-electron chi connectivity index (χ4n) is 1.51. The van der Waals surface area contributed by atoms with Gasteiger partial charge in [0, 0.05) is 16.8 Å². The minimum Gasteiger partial charge on any atom is -0.492 e. The maximum absolute atomic E-state index is 5.72. The molecule has 2 aromatic rings. The lowest BCUT2D eigenvalue weighted by Gasteiger charge is -2.08. The van der Waals surface area contributed by atoms with Crippen molar-refractivity contribution in [2.45, 2.75) is 11.8 Å². The van der Waals surface area contributed by atoms with Crippen LogP contribution in [0.5, 0.6) is 5.75 Å². The largest absolute Gasteiger partial charge is 0.492 e. The molecule has 18 heavy (non-hydrogen) atoms. The zero-order valence-electron chi connectivity index (χ0n) is 10.3. The molecule has 0 atom stereocenters. The molecule has 1 aromatic carbocycles. The van der Waals surface area contributed by atoms with Gasteiger partial charge in [-0.25, -0.2) is 4.98 Å². The highest BCUT2D eigenvalue weighted by Crippen LogP contribution is 2.19. The van der Waals surface area contributed by atoms with Crippen molar-refractivity contribution in [1.29, 1.82) is 0 Å². The first-order chi connectivity index (χ1) is 8.75. The molecule has 0 spiro atoms. The summed E-state index contributed by atoms with van der Waals surface area (Å²) in [7, 11) is 0. The number of hydrogen-bond donors (Lipinski definition) is 1. The van der Waals surface area contributed by atoms with Crippen LogP contribution in [0.1, 0.15) is 5.56 Å². The van der Waals surface area contributed by atoms with Gasteiger partial charge in [0.05, 0.1) is 6.61 Å². The third-order valence-corrected chi connectivity index (χ3v) is 3.41. The number of aromatic nitrogens is 1. The Hall–Kier alpha value is -1.68. The highest BCUT2D eigenvalue weighted by atomic mass is 32.2. The molecule has 0 radical (unpaired) electrons. The first-order valence-corrected chi connectivity index (χ1v) is 6.77. The van der Waals surface area contributed by atoms with Crippen LogP contribution >= 0.6 is 11.8 Å². The molecule has 0 aliphatic rings. The number of nitrogens with two attached hydrogens (primary N) is 1. The molecule has 2 N–H and O–H groups in total. The average Bonchev–Trinajstić information content (AvgIpc) is 2.39. The number of aryl methyl sites for hydroxylation is 1. The Morgan fingerprint density at radius 3 is 2.78 bits per heavy atom. The van der Waals surface area contributed by atoms with Crippen molar-refractivity contribution in [2.75, 3.05) is 18.1 Å². The molecular formula is C14H16N2OS. The summed E-state index contributed by atoms with van der Waals surface area (Å²) in [4.78, 5) is 5.16. The molecule has 94 valence electrons. The van der Waals surface area contributed by atoms with Crippen LogP contribution in [0.4, 0.5) is 5.82 Å². The number of pyridine rings is 1. The molecule has 3 nitrogen and oxygen atoms in total. The van der Waals surface area contributed by atoms with Crippen molar-refractivity contribution in [3.05, 3.63) is 48.2 Å². The summed E-state index contributed by atoms with van der Waals surface area (Å²) in [5.74, 6) is 2.39. The molecule has 4 heteroatoms. The van der Waals surface area contributed by atoms with E-state index in [0.717, 1.165) is 22.0 Å². The smallest absolute Gasteiger partial charge is 0.123 e. The normalized spacial score (nSPS) is 10.3. The summed E-state index contributed by atoms with van der Waals surface area (Å²) in [5.41, 5.74) is 6.69. The van der Waals surface area contributed by atoms with E-state index in [1.165, 1.54) is 0 Å². The number of hydrogen-bond acceptors (Lipinski definition) is 4. The van der Waals surface area contributed by atoms with Crippen LogP contribution in [-0.4, -0.2) is 17.3 Å². The number of benzene rings is 1. The Morgan fingerprint density at radius 2 is 2.06 bits per heavy atom. The van der Waals surface area contributed by atoms with Gasteiger partial charge >= 0.3 is 0 Å². The van der Waals surface area contributed by atoms with Crippen LogP contribution in [0.15, 0.2) is 47.5 Å². The van der Waals surface area contributed by atoms with E-state index in [1.807, 2.05) is 43.3 Å². The lowest BCUT2D eigenvalue weighted by atomic mass is 10.2. The first kappa shape index (κ1) is 12.8. The summed E-state index contributed by atoms with van der Waals surface area (Å²) >= 11 is 1.71. The lowest BCUT2D eigenvalue weighted by molar-refractivity contribution is 0.341. The van der Waals surface area contributed by atoms with Crippen LogP contribution in [0.2, 0.25) is 0 Å². The number of nitrogens with zero attached hydrogens (tertiary/aromatic N) is 1. The highest BCUT2D eigenvalue weighted by molar-refractivity contribution is 7.99. The number of rotatable bonds is 5. The Bertz CT molecular complexity index is 499. The van der Waals surface area contributed by atoms with Crippen molar-refractivity contribution in [2.24, 2.45) is 0 Å². The van der Waals surface area contributed by atoms with E-state index in [0.29, 0.717) is 12.4 Å². The minimum atomic E-state index is 0.551. The van der Waals surface area contributed by atoms with Gasteiger partial charge in [0.1, 0.15) is 11.6 Å². The maximum atomic E-state index is 5.72. The zero-order chi connectivity index (χ0) is 12.8. The quantitative estimate of drug-likeness (QED) is 0.662. The minimum absolute atomic E-state index is 0.551. The second-order valence-corrected chi connectivity index (χ2v) is 5.05. The van der Waals surface area contributed by atoms with Gasteiger partial charge in [0.15, 0.2) is 0 Å². The SMILES string of the molecule is Cc1ccccc1OCCSc1ccc(N)nc1. The molecule has 0 saturated carbocycles. The van der Waals surface area contributed by atoms with Gasteiger partial charge in [0.25, 0.3) is 0 Å². The van der Waals surface area contributed by atoms with E-state index in [1.54, 1.807) is 18.0 Å². The molecule has 1 heterocycles. The molecule has 0 unspecified atom stereocenters. The first-order valence-electron chi connectivity index (χ1n) is 5.78. The summed E-state index contributed by atoms with van der Waals surface area (Å²) in [6.45, 7) is 2.73. The predicted molar refractivity (Wildman–Crippen MR) is 76.0 cm³/mol. The molecular weight excluding hydrogens is 244 g/mol. The standard InChI is InChI=1S/C14H16N2OS/c1-11-4-2-3-5-13(11)17-8-9-18-12-6-7-14(15)16-10-12/h2-7,10H,8-9H2,1H3,(H2,15,16). The molecule has 1 aromatic heterocycles. The van der Waals surface area contributed by atoms with Crippen molar-refractivity contribution < 1.29 is 4.74 Å². The third-order valence-electron chi connectivity index (χ3n) is 2.46. The monoisotopic (exact) mass is 260 g/mol. The van der Waals surface area contributed by atoms with Gasteiger partial charge in [-0.05, 0) is 30.7 Å². The second-order valence-electron chi connectivity index (χ2n) is 3.88. The van der Waals surface area contributed by atoms with E-state index in [9.17, 15) is 0 Å². The van der Waals surface area contributed by atoms with E-state index in [-0.39, 0.29) is 0 Å². The summed E-state index contributed by atoms with van der Waals surface area (Å²) in [6, 6.07) is 11.8. The number of thioether (sulfide) groups is 1.